The fourth-order valence-corrected chi connectivity index (χ4v) is 3.03. The van der Waals surface area contributed by atoms with Gasteiger partial charge in [-0.25, -0.2) is 9.97 Å². The molecule has 104 valence electrons. The highest BCUT2D eigenvalue weighted by molar-refractivity contribution is 5.82. The van der Waals surface area contributed by atoms with Crippen LogP contribution in [0.4, 0.5) is 0 Å². The van der Waals surface area contributed by atoms with Gasteiger partial charge < -0.3 is 9.84 Å². The summed E-state index contributed by atoms with van der Waals surface area (Å²) >= 11 is 0. The molecular weight excluding hydrogens is 244 g/mol. The molecule has 0 bridgehead atoms. The van der Waals surface area contributed by atoms with Crippen molar-refractivity contribution in [2.24, 2.45) is 0 Å². The van der Waals surface area contributed by atoms with E-state index < -0.39 is 11.4 Å². The van der Waals surface area contributed by atoms with E-state index in [-0.39, 0.29) is 0 Å². The number of carboxylic acids is 1. The molecule has 1 aliphatic rings. The van der Waals surface area contributed by atoms with Crippen LogP contribution in [0.2, 0.25) is 0 Å². The molecule has 0 aliphatic heterocycles. The molecule has 19 heavy (non-hydrogen) atoms. The van der Waals surface area contributed by atoms with Crippen LogP contribution in [0.3, 0.4) is 0 Å². The van der Waals surface area contributed by atoms with Crippen LogP contribution in [-0.4, -0.2) is 28.2 Å². The molecule has 0 atom stereocenters. The van der Waals surface area contributed by atoms with Gasteiger partial charge in [0.2, 0.25) is 5.88 Å². The van der Waals surface area contributed by atoms with Crippen LogP contribution in [0, 0.1) is 0 Å². The molecule has 1 aromatic rings. The molecule has 5 heteroatoms. The number of aliphatic carboxylic acids is 1. The minimum absolute atomic E-state index is 0.413. The predicted molar refractivity (Wildman–Crippen MR) is 70.4 cm³/mol. The smallest absolute Gasteiger partial charge is 0.314 e. The Kier molecular flexibility index (Phi) is 4.02. The molecule has 0 aromatic carbocycles. The summed E-state index contributed by atoms with van der Waals surface area (Å²) in [4.78, 5) is 20.3. The Balaban J connectivity index is 2.61. The number of nitrogens with zero attached hydrogens (tertiary/aromatic N) is 2. The molecule has 5 nitrogen and oxygen atoms in total. The standard InChI is InChI=1S/C14H20N2O3/c1-3-10-11(12(19-2)16-9-15-10)14(13(17)18)7-5-4-6-8-14/h9H,3-8H2,1-2H3,(H,17,18). The van der Waals surface area contributed by atoms with Crippen molar-refractivity contribution in [2.45, 2.75) is 50.9 Å². The molecule has 1 aliphatic carbocycles. The fraction of sp³-hybridized carbons (Fsp3) is 0.643. The summed E-state index contributed by atoms with van der Waals surface area (Å²) in [5.74, 6) is -0.369. The number of carboxylic acid groups (broad SMARTS) is 1. The Morgan fingerprint density at radius 2 is 2.05 bits per heavy atom. The van der Waals surface area contributed by atoms with Gasteiger partial charge in [0.05, 0.1) is 23.8 Å². The molecule has 1 N–H and O–H groups in total. The lowest BCUT2D eigenvalue weighted by atomic mass is 9.69. The van der Waals surface area contributed by atoms with Crippen molar-refractivity contribution >= 4 is 5.97 Å². The van der Waals surface area contributed by atoms with Crippen molar-refractivity contribution in [3.63, 3.8) is 0 Å². The number of methoxy groups -OCH3 is 1. The maximum atomic E-state index is 11.9. The van der Waals surface area contributed by atoms with Crippen LogP contribution >= 0.6 is 0 Å². The number of ether oxygens (including phenoxy) is 1. The maximum Gasteiger partial charge on any atom is 0.314 e. The van der Waals surface area contributed by atoms with Crippen LogP contribution < -0.4 is 4.74 Å². The number of hydrogen-bond acceptors (Lipinski definition) is 4. The van der Waals surface area contributed by atoms with E-state index in [1.807, 2.05) is 6.92 Å². The van der Waals surface area contributed by atoms with Gasteiger partial charge >= 0.3 is 5.97 Å². The topological polar surface area (TPSA) is 72.3 Å². The minimum atomic E-state index is -0.879. The molecule has 1 saturated carbocycles. The lowest BCUT2D eigenvalue weighted by Gasteiger charge is -2.35. The van der Waals surface area contributed by atoms with Crippen molar-refractivity contribution in [3.05, 3.63) is 17.6 Å². The molecule has 1 aromatic heterocycles. The molecule has 2 rings (SSSR count). The van der Waals surface area contributed by atoms with Crippen molar-refractivity contribution in [2.75, 3.05) is 7.11 Å². The van der Waals surface area contributed by atoms with Gasteiger partial charge in [-0.1, -0.05) is 26.2 Å². The van der Waals surface area contributed by atoms with Gasteiger partial charge in [0.15, 0.2) is 0 Å². The number of carbonyl (C=O) groups is 1. The van der Waals surface area contributed by atoms with E-state index in [4.69, 9.17) is 4.74 Å². The summed E-state index contributed by atoms with van der Waals surface area (Å²) in [5.41, 5.74) is 0.597. The number of aryl methyl sites for hydroxylation is 1. The lowest BCUT2D eigenvalue weighted by molar-refractivity contribution is -0.145. The zero-order chi connectivity index (χ0) is 13.9. The van der Waals surface area contributed by atoms with E-state index in [2.05, 4.69) is 9.97 Å². The highest BCUT2D eigenvalue weighted by Gasteiger charge is 2.45. The number of hydrogen-bond donors (Lipinski definition) is 1. The first kappa shape index (κ1) is 13.8. The number of aromatic nitrogens is 2. The molecule has 0 saturated heterocycles. The van der Waals surface area contributed by atoms with Crippen molar-refractivity contribution in [3.8, 4) is 5.88 Å². The monoisotopic (exact) mass is 264 g/mol. The van der Waals surface area contributed by atoms with Crippen LogP contribution in [0.15, 0.2) is 6.33 Å². The van der Waals surface area contributed by atoms with Gasteiger partial charge in [-0.15, -0.1) is 0 Å². The van der Waals surface area contributed by atoms with E-state index in [0.717, 1.165) is 25.0 Å². The Bertz CT molecular complexity index is 446. The number of rotatable bonds is 4. The van der Waals surface area contributed by atoms with Gasteiger partial charge in [-0.3, -0.25) is 4.79 Å². The first-order valence-corrected chi connectivity index (χ1v) is 6.77. The molecule has 0 amide bonds. The zero-order valence-corrected chi connectivity index (χ0v) is 11.5. The van der Waals surface area contributed by atoms with Gasteiger partial charge in [-0.2, -0.15) is 0 Å². The summed E-state index contributed by atoms with van der Waals surface area (Å²) in [7, 11) is 1.53. The summed E-state index contributed by atoms with van der Waals surface area (Å²) in [5, 5.41) is 9.77. The quantitative estimate of drug-likeness (QED) is 0.903. The third-order valence-electron chi connectivity index (χ3n) is 4.01. The minimum Gasteiger partial charge on any atom is -0.481 e. The molecule has 0 unspecified atom stereocenters. The maximum absolute atomic E-state index is 11.9. The summed E-state index contributed by atoms with van der Waals surface area (Å²) in [6, 6.07) is 0. The largest absolute Gasteiger partial charge is 0.481 e. The van der Waals surface area contributed by atoms with Crippen LogP contribution in [0.25, 0.3) is 0 Å². The lowest BCUT2D eigenvalue weighted by Crippen LogP contribution is -2.39. The van der Waals surface area contributed by atoms with E-state index in [1.54, 1.807) is 0 Å². The Morgan fingerprint density at radius 3 is 2.58 bits per heavy atom. The van der Waals surface area contributed by atoms with Crippen molar-refractivity contribution in [1.82, 2.24) is 9.97 Å². The van der Waals surface area contributed by atoms with E-state index in [1.165, 1.54) is 13.4 Å². The van der Waals surface area contributed by atoms with Crippen molar-refractivity contribution < 1.29 is 14.6 Å². The van der Waals surface area contributed by atoms with Crippen molar-refractivity contribution in [1.29, 1.82) is 0 Å². The summed E-state index contributed by atoms with van der Waals surface area (Å²) < 4.78 is 5.30. The van der Waals surface area contributed by atoms with Crippen LogP contribution in [-0.2, 0) is 16.6 Å². The molecule has 1 heterocycles. The van der Waals surface area contributed by atoms with Gasteiger partial charge in [0.25, 0.3) is 0 Å². The normalized spacial score (nSPS) is 18.0. The Morgan fingerprint density at radius 1 is 1.37 bits per heavy atom. The second-order valence-electron chi connectivity index (χ2n) is 5.01. The average Bonchev–Trinajstić information content (AvgIpc) is 2.46. The first-order valence-electron chi connectivity index (χ1n) is 6.77. The molecular formula is C14H20N2O3. The van der Waals surface area contributed by atoms with E-state index in [0.29, 0.717) is 30.7 Å². The summed E-state index contributed by atoms with van der Waals surface area (Å²) in [6.45, 7) is 1.98. The SMILES string of the molecule is CCc1ncnc(OC)c1C1(C(=O)O)CCCCC1. The third-order valence-corrected chi connectivity index (χ3v) is 4.01. The van der Waals surface area contributed by atoms with Gasteiger partial charge in [-0.05, 0) is 19.3 Å². The highest BCUT2D eigenvalue weighted by atomic mass is 16.5. The van der Waals surface area contributed by atoms with E-state index in [9.17, 15) is 9.90 Å². The Hall–Kier alpha value is -1.65. The highest BCUT2D eigenvalue weighted by Crippen LogP contribution is 2.44. The average molecular weight is 264 g/mol. The molecule has 1 fully saturated rings. The van der Waals surface area contributed by atoms with Crippen LogP contribution in [0.1, 0.15) is 50.3 Å². The Labute approximate surface area is 113 Å². The van der Waals surface area contributed by atoms with Crippen LogP contribution in [0.5, 0.6) is 5.88 Å². The predicted octanol–water partition coefficient (Wildman–Crippen LogP) is 2.33. The third kappa shape index (κ3) is 2.29. The fourth-order valence-electron chi connectivity index (χ4n) is 3.03. The molecule has 0 spiro atoms. The van der Waals surface area contributed by atoms with Gasteiger partial charge in [0, 0.05) is 0 Å². The second-order valence-corrected chi connectivity index (χ2v) is 5.01. The summed E-state index contributed by atoms with van der Waals surface area (Å²) in [6.07, 6.45) is 6.34. The van der Waals surface area contributed by atoms with Gasteiger partial charge in [0.1, 0.15) is 6.33 Å². The zero-order valence-electron chi connectivity index (χ0n) is 11.5. The second kappa shape index (κ2) is 5.55. The van der Waals surface area contributed by atoms with E-state index >= 15 is 0 Å². The molecule has 0 radical (unpaired) electrons. The first-order chi connectivity index (χ1) is 9.15.